The highest BCUT2D eigenvalue weighted by atomic mass is 35.5. The van der Waals surface area contributed by atoms with E-state index in [4.69, 9.17) is 16.9 Å². The van der Waals surface area contributed by atoms with E-state index in [2.05, 4.69) is 21.2 Å². The van der Waals surface area contributed by atoms with Crippen molar-refractivity contribution < 1.29 is 13.2 Å². The maximum atomic E-state index is 12.9. The van der Waals surface area contributed by atoms with Crippen molar-refractivity contribution in [3.63, 3.8) is 0 Å². The number of nitrogens with zero attached hydrogens (tertiary/aromatic N) is 4. The summed E-state index contributed by atoms with van der Waals surface area (Å²) in [5, 5.41) is 11.9. The Morgan fingerprint density at radius 2 is 1.82 bits per heavy atom. The van der Waals surface area contributed by atoms with Crippen molar-refractivity contribution in [2.75, 3.05) is 50.5 Å². The van der Waals surface area contributed by atoms with E-state index < -0.39 is 16.1 Å². The summed E-state index contributed by atoms with van der Waals surface area (Å²) < 4.78 is 26.1. The summed E-state index contributed by atoms with van der Waals surface area (Å²) in [6.45, 7) is 4.94. The van der Waals surface area contributed by atoms with Gasteiger partial charge >= 0.3 is 0 Å². The molecule has 1 N–H and O–H groups in total. The predicted octanol–water partition coefficient (Wildman–Crippen LogP) is 3.00. The number of halogens is 1. The molecule has 1 fully saturated rings. The van der Waals surface area contributed by atoms with Gasteiger partial charge in [0.2, 0.25) is 15.9 Å². The predicted molar refractivity (Wildman–Crippen MR) is 130 cm³/mol. The first-order valence-electron chi connectivity index (χ1n) is 10.7. The number of carbonyl (C=O) groups excluding carboxylic acids is 1. The van der Waals surface area contributed by atoms with Crippen LogP contribution in [0, 0.1) is 11.3 Å². The van der Waals surface area contributed by atoms with Gasteiger partial charge in [0, 0.05) is 51.6 Å². The number of hydrogen-bond acceptors (Lipinski definition) is 6. The molecule has 1 amide bonds. The van der Waals surface area contributed by atoms with Crippen LogP contribution in [0.4, 0.5) is 11.4 Å². The molecule has 3 rings (SSSR count). The molecule has 1 heterocycles. The highest BCUT2D eigenvalue weighted by molar-refractivity contribution is 7.89. The summed E-state index contributed by atoms with van der Waals surface area (Å²) in [4.78, 5) is 17.3. The van der Waals surface area contributed by atoms with Crippen LogP contribution >= 0.6 is 11.6 Å². The van der Waals surface area contributed by atoms with E-state index in [0.29, 0.717) is 17.8 Å². The number of sulfonamides is 1. The maximum absolute atomic E-state index is 12.9. The highest BCUT2D eigenvalue weighted by Crippen LogP contribution is 2.27. The Morgan fingerprint density at radius 3 is 2.45 bits per heavy atom. The second-order valence-corrected chi connectivity index (χ2v) is 10.7. The number of amides is 1. The third-order valence-electron chi connectivity index (χ3n) is 5.78. The normalized spacial score (nSPS) is 16.2. The van der Waals surface area contributed by atoms with Gasteiger partial charge in [-0.15, -0.1) is 0 Å². The number of nitrogens with one attached hydrogen (secondary N) is 1. The lowest BCUT2D eigenvalue weighted by Gasteiger charge is -2.27. The Hall–Kier alpha value is -2.64. The first-order chi connectivity index (χ1) is 15.6. The highest BCUT2D eigenvalue weighted by Gasteiger charge is 2.26. The van der Waals surface area contributed by atoms with Crippen LogP contribution in [0.5, 0.6) is 0 Å². The van der Waals surface area contributed by atoms with Gasteiger partial charge in [0.25, 0.3) is 0 Å². The Morgan fingerprint density at radius 1 is 1.12 bits per heavy atom. The SMILES string of the molecule is CC(C(=O)Nc1ccc(Cl)c(S(=O)(=O)N(C)C)c1)N1CCCN(c2ccc(C#N)cc2)CC1. The standard InChI is InChI=1S/C23H28ClN5O3S/c1-17(23(30)26-19-7-10-21(24)22(15-19)33(31,32)27(2)3)28-11-4-12-29(14-13-28)20-8-5-18(16-25)6-9-20/h5-10,15,17H,4,11-14H2,1-3H3,(H,26,30). The van der Waals surface area contributed by atoms with Gasteiger partial charge in [-0.1, -0.05) is 11.6 Å². The molecule has 0 radical (unpaired) electrons. The zero-order valence-corrected chi connectivity index (χ0v) is 20.5. The maximum Gasteiger partial charge on any atom is 0.244 e. The third kappa shape index (κ3) is 5.84. The average Bonchev–Trinajstić information content (AvgIpc) is 3.06. The van der Waals surface area contributed by atoms with Crippen LogP contribution < -0.4 is 10.2 Å². The van der Waals surface area contributed by atoms with Gasteiger partial charge in [0.1, 0.15) is 4.90 Å². The van der Waals surface area contributed by atoms with Gasteiger partial charge in [-0.25, -0.2) is 12.7 Å². The molecule has 1 aliphatic rings. The molecule has 33 heavy (non-hydrogen) atoms. The Bertz CT molecular complexity index is 1150. The summed E-state index contributed by atoms with van der Waals surface area (Å²) in [5.41, 5.74) is 2.07. The number of carbonyl (C=O) groups is 1. The molecule has 1 unspecified atom stereocenters. The Labute approximate surface area is 200 Å². The topological polar surface area (TPSA) is 96.8 Å². The van der Waals surface area contributed by atoms with E-state index in [-0.39, 0.29) is 15.8 Å². The van der Waals surface area contributed by atoms with Crippen molar-refractivity contribution in [2.24, 2.45) is 0 Å². The molecule has 0 spiro atoms. The van der Waals surface area contributed by atoms with Crippen LogP contribution in [0.1, 0.15) is 18.9 Å². The van der Waals surface area contributed by atoms with Crippen molar-refractivity contribution in [3.8, 4) is 6.07 Å². The minimum absolute atomic E-state index is 0.0487. The lowest BCUT2D eigenvalue weighted by molar-refractivity contribution is -0.120. The molecule has 1 saturated heterocycles. The van der Waals surface area contributed by atoms with Crippen LogP contribution in [-0.4, -0.2) is 69.8 Å². The van der Waals surface area contributed by atoms with Gasteiger partial charge in [-0.3, -0.25) is 9.69 Å². The molecule has 2 aromatic carbocycles. The van der Waals surface area contributed by atoms with Crippen molar-refractivity contribution >= 4 is 38.9 Å². The zero-order chi connectivity index (χ0) is 24.2. The van der Waals surface area contributed by atoms with E-state index in [9.17, 15) is 13.2 Å². The van der Waals surface area contributed by atoms with Crippen molar-refractivity contribution in [1.82, 2.24) is 9.21 Å². The largest absolute Gasteiger partial charge is 0.370 e. The van der Waals surface area contributed by atoms with Crippen LogP contribution in [0.15, 0.2) is 47.4 Å². The first kappa shape index (κ1) is 25.0. The average molecular weight is 490 g/mol. The Kier molecular flexibility index (Phi) is 7.97. The van der Waals surface area contributed by atoms with Crippen molar-refractivity contribution in [2.45, 2.75) is 24.3 Å². The molecule has 1 aliphatic heterocycles. The molecule has 0 aromatic heterocycles. The minimum atomic E-state index is -3.73. The molecular formula is C23H28ClN5O3S. The molecule has 1 atom stereocenters. The zero-order valence-electron chi connectivity index (χ0n) is 19.0. The van der Waals surface area contributed by atoms with Gasteiger partial charge in [-0.2, -0.15) is 5.26 Å². The van der Waals surface area contributed by atoms with E-state index in [1.54, 1.807) is 6.07 Å². The van der Waals surface area contributed by atoms with E-state index in [1.165, 1.54) is 26.2 Å². The Balaban J connectivity index is 1.66. The quantitative estimate of drug-likeness (QED) is 0.670. The lowest BCUT2D eigenvalue weighted by Crippen LogP contribution is -2.44. The van der Waals surface area contributed by atoms with Crippen molar-refractivity contribution in [3.05, 3.63) is 53.1 Å². The number of nitriles is 1. The molecule has 0 aliphatic carbocycles. The molecule has 8 nitrogen and oxygen atoms in total. The van der Waals surface area contributed by atoms with E-state index >= 15 is 0 Å². The van der Waals surface area contributed by atoms with Gasteiger partial charge in [0.05, 0.1) is 22.7 Å². The van der Waals surface area contributed by atoms with Gasteiger partial charge in [-0.05, 0) is 55.8 Å². The smallest absolute Gasteiger partial charge is 0.244 e. The van der Waals surface area contributed by atoms with Crippen LogP contribution in [0.3, 0.4) is 0 Å². The number of hydrogen-bond donors (Lipinski definition) is 1. The second kappa shape index (κ2) is 10.5. The van der Waals surface area contributed by atoms with E-state index in [0.717, 1.165) is 36.0 Å². The summed E-state index contributed by atoms with van der Waals surface area (Å²) in [5.74, 6) is -0.211. The molecular weight excluding hydrogens is 462 g/mol. The number of anilines is 2. The molecule has 2 aromatic rings. The number of benzene rings is 2. The number of rotatable bonds is 6. The van der Waals surface area contributed by atoms with E-state index in [1.807, 2.05) is 31.2 Å². The fourth-order valence-corrected chi connectivity index (χ4v) is 5.11. The summed E-state index contributed by atoms with van der Waals surface area (Å²) >= 11 is 6.10. The van der Waals surface area contributed by atoms with Crippen molar-refractivity contribution in [1.29, 1.82) is 5.26 Å². The van der Waals surface area contributed by atoms with Crippen LogP contribution in [0.25, 0.3) is 0 Å². The van der Waals surface area contributed by atoms with Gasteiger partial charge < -0.3 is 10.2 Å². The lowest BCUT2D eigenvalue weighted by atomic mass is 10.2. The second-order valence-electron chi connectivity index (χ2n) is 8.13. The van der Waals surface area contributed by atoms with Crippen LogP contribution in [0.2, 0.25) is 5.02 Å². The van der Waals surface area contributed by atoms with Crippen LogP contribution in [-0.2, 0) is 14.8 Å². The summed E-state index contributed by atoms with van der Waals surface area (Å²) in [6.07, 6.45) is 0.893. The fourth-order valence-electron chi connectivity index (χ4n) is 3.72. The monoisotopic (exact) mass is 489 g/mol. The third-order valence-corrected chi connectivity index (χ3v) is 8.07. The summed E-state index contributed by atoms with van der Waals surface area (Å²) in [6, 6.07) is 13.7. The molecule has 0 bridgehead atoms. The fraction of sp³-hybridized carbons (Fsp3) is 0.391. The molecule has 176 valence electrons. The van der Waals surface area contributed by atoms with Gasteiger partial charge in [0.15, 0.2) is 0 Å². The molecule has 0 saturated carbocycles. The minimum Gasteiger partial charge on any atom is -0.370 e. The molecule has 10 heteroatoms. The summed E-state index contributed by atoms with van der Waals surface area (Å²) in [7, 11) is -0.872. The first-order valence-corrected chi connectivity index (χ1v) is 12.5.